The normalized spacial score (nSPS) is 10.1. The Morgan fingerprint density at radius 3 is 2.39 bits per heavy atom. The zero-order valence-electron chi connectivity index (χ0n) is 10.2. The fourth-order valence-electron chi connectivity index (χ4n) is 1.54. The summed E-state index contributed by atoms with van der Waals surface area (Å²) in [7, 11) is 0. The van der Waals surface area contributed by atoms with Gasteiger partial charge in [0.25, 0.3) is 0 Å². The second-order valence-electron chi connectivity index (χ2n) is 4.10. The number of amides is 1. The zero-order chi connectivity index (χ0) is 12.8. The topological polar surface area (TPSA) is 29.1 Å². The number of rotatable bonds is 4. The van der Waals surface area contributed by atoms with Crippen molar-refractivity contribution >= 4 is 17.9 Å². The summed E-state index contributed by atoms with van der Waals surface area (Å²) in [5, 5.41) is 0. The van der Waals surface area contributed by atoms with Crippen LogP contribution in [0.2, 0.25) is 0 Å². The van der Waals surface area contributed by atoms with E-state index in [1.54, 1.807) is 0 Å². The molecule has 0 aliphatic rings. The highest BCUT2D eigenvalue weighted by molar-refractivity contribution is 7.98. The fourth-order valence-corrected chi connectivity index (χ4v) is 2.12. The summed E-state index contributed by atoms with van der Waals surface area (Å²) in [5.74, 6) is 0.0202. The van der Waals surface area contributed by atoms with E-state index < -0.39 is 0 Å². The van der Waals surface area contributed by atoms with Crippen LogP contribution in [-0.2, 0) is 11.2 Å². The molecular formula is C15H15NOS. The molecule has 0 aliphatic heterocycles. The van der Waals surface area contributed by atoms with E-state index in [4.69, 9.17) is 0 Å². The van der Waals surface area contributed by atoms with Crippen LogP contribution in [0.5, 0.6) is 0 Å². The van der Waals surface area contributed by atoms with Crippen LogP contribution in [0.4, 0.5) is 0 Å². The van der Waals surface area contributed by atoms with Crippen LogP contribution in [0.25, 0.3) is 0 Å². The predicted octanol–water partition coefficient (Wildman–Crippen LogP) is 3.36. The maximum Gasteiger partial charge on any atom is 0.234 e. The molecule has 18 heavy (non-hydrogen) atoms. The predicted molar refractivity (Wildman–Crippen MR) is 75.3 cm³/mol. The smallest absolute Gasteiger partial charge is 0.234 e. The van der Waals surface area contributed by atoms with Crippen molar-refractivity contribution in [2.24, 2.45) is 0 Å². The summed E-state index contributed by atoms with van der Waals surface area (Å²) in [5.41, 5.74) is 2.24. The van der Waals surface area contributed by atoms with Crippen molar-refractivity contribution < 1.29 is 4.79 Å². The Kier molecular flexibility index (Phi) is 4.42. The van der Waals surface area contributed by atoms with Gasteiger partial charge in [0.2, 0.25) is 5.91 Å². The highest BCUT2D eigenvalue weighted by atomic mass is 32.2. The standard InChI is InChI=1S/C15H15NOS/c1-12-7-9-14(10-8-12)18-16-15(17)11-13-5-3-2-4-6-13/h2-10H,11H2,1H3,(H,16,17). The van der Waals surface area contributed by atoms with E-state index in [0.717, 1.165) is 10.5 Å². The summed E-state index contributed by atoms with van der Waals surface area (Å²) in [6.07, 6.45) is 0.416. The number of carbonyl (C=O) groups excluding carboxylic acids is 1. The number of nitrogens with one attached hydrogen (secondary N) is 1. The maximum atomic E-state index is 11.7. The highest BCUT2D eigenvalue weighted by Crippen LogP contribution is 2.15. The number of carbonyl (C=O) groups is 1. The van der Waals surface area contributed by atoms with E-state index in [1.165, 1.54) is 17.5 Å². The van der Waals surface area contributed by atoms with Crippen molar-refractivity contribution in [3.8, 4) is 0 Å². The van der Waals surface area contributed by atoms with Gasteiger partial charge in [-0.2, -0.15) is 0 Å². The van der Waals surface area contributed by atoms with Gasteiger partial charge in [0.05, 0.1) is 6.42 Å². The maximum absolute atomic E-state index is 11.7. The lowest BCUT2D eigenvalue weighted by Crippen LogP contribution is -2.17. The molecule has 92 valence electrons. The van der Waals surface area contributed by atoms with Crippen LogP contribution in [0.1, 0.15) is 11.1 Å². The minimum Gasteiger partial charge on any atom is -0.296 e. The molecule has 1 N–H and O–H groups in total. The third-order valence-electron chi connectivity index (χ3n) is 2.51. The van der Waals surface area contributed by atoms with Crippen molar-refractivity contribution in [3.63, 3.8) is 0 Å². The molecule has 0 aromatic heterocycles. The van der Waals surface area contributed by atoms with E-state index in [9.17, 15) is 4.79 Å². The molecule has 0 unspecified atom stereocenters. The van der Waals surface area contributed by atoms with Crippen LogP contribution >= 0.6 is 11.9 Å². The average molecular weight is 257 g/mol. The first-order valence-electron chi connectivity index (χ1n) is 5.80. The molecule has 0 aliphatic carbocycles. The zero-order valence-corrected chi connectivity index (χ0v) is 11.0. The van der Waals surface area contributed by atoms with Crippen LogP contribution in [-0.4, -0.2) is 5.91 Å². The molecule has 0 spiro atoms. The molecule has 2 rings (SSSR count). The monoisotopic (exact) mass is 257 g/mol. The fraction of sp³-hybridized carbons (Fsp3) is 0.133. The van der Waals surface area contributed by atoms with Crippen molar-refractivity contribution in [1.29, 1.82) is 0 Å². The van der Waals surface area contributed by atoms with E-state index in [1.807, 2.05) is 61.5 Å². The molecule has 0 saturated carbocycles. The van der Waals surface area contributed by atoms with Crippen molar-refractivity contribution in [3.05, 3.63) is 65.7 Å². The van der Waals surface area contributed by atoms with Crippen molar-refractivity contribution in [2.75, 3.05) is 0 Å². The lowest BCUT2D eigenvalue weighted by Gasteiger charge is -2.04. The number of aryl methyl sites for hydroxylation is 1. The van der Waals surface area contributed by atoms with Crippen LogP contribution < -0.4 is 4.72 Å². The Bertz CT molecular complexity index is 508. The Labute approximate surface area is 112 Å². The van der Waals surface area contributed by atoms with Crippen molar-refractivity contribution in [1.82, 2.24) is 4.72 Å². The van der Waals surface area contributed by atoms with E-state index in [0.29, 0.717) is 6.42 Å². The lowest BCUT2D eigenvalue weighted by molar-refractivity contribution is -0.118. The van der Waals surface area contributed by atoms with Crippen LogP contribution in [0, 0.1) is 6.92 Å². The Morgan fingerprint density at radius 2 is 1.72 bits per heavy atom. The molecule has 0 radical (unpaired) electrons. The Balaban J connectivity index is 1.83. The van der Waals surface area contributed by atoms with Crippen LogP contribution in [0.15, 0.2) is 59.5 Å². The summed E-state index contributed by atoms with van der Waals surface area (Å²) in [4.78, 5) is 12.8. The summed E-state index contributed by atoms with van der Waals surface area (Å²) in [6.45, 7) is 2.04. The minimum absolute atomic E-state index is 0.0202. The third-order valence-corrected chi connectivity index (χ3v) is 3.35. The van der Waals surface area contributed by atoms with E-state index in [2.05, 4.69) is 4.72 Å². The average Bonchev–Trinajstić information content (AvgIpc) is 2.39. The molecule has 0 bridgehead atoms. The molecule has 2 aromatic carbocycles. The van der Waals surface area contributed by atoms with Gasteiger partial charge >= 0.3 is 0 Å². The summed E-state index contributed by atoms with van der Waals surface area (Å²) >= 11 is 1.36. The van der Waals surface area contributed by atoms with Crippen LogP contribution in [0.3, 0.4) is 0 Å². The van der Waals surface area contributed by atoms with E-state index in [-0.39, 0.29) is 5.91 Å². The number of hydrogen-bond donors (Lipinski definition) is 1. The van der Waals surface area contributed by atoms with Gasteiger partial charge in [-0.15, -0.1) is 0 Å². The molecule has 2 aromatic rings. The van der Waals surface area contributed by atoms with Gasteiger partial charge in [0.1, 0.15) is 0 Å². The number of benzene rings is 2. The molecular weight excluding hydrogens is 242 g/mol. The molecule has 0 saturated heterocycles. The van der Waals surface area contributed by atoms with Gasteiger partial charge < -0.3 is 0 Å². The van der Waals surface area contributed by atoms with E-state index >= 15 is 0 Å². The first kappa shape index (κ1) is 12.7. The largest absolute Gasteiger partial charge is 0.296 e. The lowest BCUT2D eigenvalue weighted by atomic mass is 10.1. The molecule has 2 nitrogen and oxygen atoms in total. The summed E-state index contributed by atoms with van der Waals surface area (Å²) < 4.78 is 2.84. The minimum atomic E-state index is 0.0202. The Morgan fingerprint density at radius 1 is 1.06 bits per heavy atom. The van der Waals surface area contributed by atoms with Gasteiger partial charge in [-0.25, -0.2) is 0 Å². The van der Waals surface area contributed by atoms with Gasteiger partial charge in [0.15, 0.2) is 0 Å². The Hall–Kier alpha value is -1.74. The second kappa shape index (κ2) is 6.26. The van der Waals surface area contributed by atoms with Gasteiger partial charge in [0, 0.05) is 4.90 Å². The molecule has 1 amide bonds. The SMILES string of the molecule is Cc1ccc(SNC(=O)Cc2ccccc2)cc1. The van der Waals surface area contributed by atoms with Crippen molar-refractivity contribution in [2.45, 2.75) is 18.2 Å². The molecule has 3 heteroatoms. The molecule has 0 atom stereocenters. The van der Waals surface area contributed by atoms with Gasteiger partial charge in [-0.3, -0.25) is 9.52 Å². The third kappa shape index (κ3) is 3.93. The number of hydrogen-bond acceptors (Lipinski definition) is 2. The first-order chi connectivity index (χ1) is 8.74. The van der Waals surface area contributed by atoms with Gasteiger partial charge in [-0.05, 0) is 36.6 Å². The summed E-state index contributed by atoms with van der Waals surface area (Å²) in [6, 6.07) is 17.8. The second-order valence-corrected chi connectivity index (χ2v) is 4.98. The first-order valence-corrected chi connectivity index (χ1v) is 6.62. The quantitative estimate of drug-likeness (QED) is 0.851. The highest BCUT2D eigenvalue weighted by Gasteiger charge is 2.03. The molecule has 0 fully saturated rings. The molecule has 0 heterocycles. The van der Waals surface area contributed by atoms with Gasteiger partial charge in [-0.1, -0.05) is 48.0 Å².